The van der Waals surface area contributed by atoms with Gasteiger partial charge in [-0.2, -0.15) is 0 Å². The number of nitrogens with one attached hydrogen (secondary N) is 1. The zero-order valence-electron chi connectivity index (χ0n) is 9.98. The van der Waals surface area contributed by atoms with Gasteiger partial charge in [-0.25, -0.2) is 9.97 Å². The van der Waals surface area contributed by atoms with Crippen molar-refractivity contribution in [2.75, 3.05) is 31.3 Å². The maximum Gasteiger partial charge on any atom is 0.130 e. The number of rotatable bonds is 4. The number of hydrogen-bond donors (Lipinski definition) is 2. The second-order valence-corrected chi connectivity index (χ2v) is 4.99. The standard InChI is InChI=1S/C11H18N4OS/c1-17-10-6-9(13-8-14-10)15-11(7-12)2-4-16-5-3-11/h6,8H,2-5,7,12H2,1H3,(H,13,14,15). The van der Waals surface area contributed by atoms with Gasteiger partial charge in [0.2, 0.25) is 0 Å². The van der Waals surface area contributed by atoms with Gasteiger partial charge in [0.1, 0.15) is 17.2 Å². The van der Waals surface area contributed by atoms with Crippen molar-refractivity contribution < 1.29 is 4.74 Å². The number of nitrogens with zero attached hydrogens (tertiary/aromatic N) is 2. The molecule has 6 heteroatoms. The highest BCUT2D eigenvalue weighted by Gasteiger charge is 2.31. The summed E-state index contributed by atoms with van der Waals surface area (Å²) in [5.74, 6) is 0.844. The van der Waals surface area contributed by atoms with E-state index in [1.54, 1.807) is 18.1 Å². The van der Waals surface area contributed by atoms with Crippen LogP contribution in [-0.4, -0.2) is 41.5 Å². The smallest absolute Gasteiger partial charge is 0.130 e. The zero-order valence-corrected chi connectivity index (χ0v) is 10.8. The number of nitrogens with two attached hydrogens (primary N) is 1. The summed E-state index contributed by atoms with van der Waals surface area (Å²) in [6, 6.07) is 1.96. The van der Waals surface area contributed by atoms with Crippen LogP contribution in [0.15, 0.2) is 17.4 Å². The lowest BCUT2D eigenvalue weighted by atomic mass is 9.90. The zero-order chi connectivity index (χ0) is 12.1. The minimum atomic E-state index is -0.0811. The van der Waals surface area contributed by atoms with Crippen LogP contribution in [0, 0.1) is 0 Å². The summed E-state index contributed by atoms with van der Waals surface area (Å²) in [5.41, 5.74) is 5.81. The fraction of sp³-hybridized carbons (Fsp3) is 0.636. The molecule has 1 aromatic rings. The molecule has 0 saturated carbocycles. The van der Waals surface area contributed by atoms with Gasteiger partial charge in [0, 0.05) is 25.8 Å². The normalized spacial score (nSPS) is 18.9. The highest BCUT2D eigenvalue weighted by atomic mass is 32.2. The first-order chi connectivity index (χ1) is 8.28. The SMILES string of the molecule is CSc1cc(NC2(CN)CCOCC2)ncn1. The molecule has 1 fully saturated rings. The van der Waals surface area contributed by atoms with Gasteiger partial charge < -0.3 is 15.8 Å². The Bertz CT molecular complexity index is 368. The summed E-state index contributed by atoms with van der Waals surface area (Å²) < 4.78 is 5.38. The van der Waals surface area contributed by atoms with Gasteiger partial charge in [0.05, 0.1) is 5.54 Å². The van der Waals surface area contributed by atoms with E-state index in [1.807, 2.05) is 12.3 Å². The molecule has 0 aliphatic carbocycles. The number of ether oxygens (including phenoxy) is 1. The Kier molecular flexibility index (Phi) is 4.20. The molecule has 2 heterocycles. The van der Waals surface area contributed by atoms with Crippen molar-refractivity contribution in [3.05, 3.63) is 12.4 Å². The van der Waals surface area contributed by atoms with E-state index in [4.69, 9.17) is 10.5 Å². The predicted octanol–water partition coefficient (Wildman–Crippen LogP) is 1.12. The van der Waals surface area contributed by atoms with E-state index < -0.39 is 0 Å². The van der Waals surface area contributed by atoms with Gasteiger partial charge >= 0.3 is 0 Å². The number of aromatic nitrogens is 2. The number of hydrogen-bond acceptors (Lipinski definition) is 6. The molecule has 1 saturated heterocycles. The van der Waals surface area contributed by atoms with E-state index in [2.05, 4.69) is 15.3 Å². The molecule has 2 rings (SSSR count). The predicted molar refractivity (Wildman–Crippen MR) is 69.3 cm³/mol. The molecule has 0 radical (unpaired) electrons. The summed E-state index contributed by atoms with van der Waals surface area (Å²) in [6.07, 6.45) is 5.42. The Labute approximate surface area is 106 Å². The van der Waals surface area contributed by atoms with Gasteiger partial charge in [0.15, 0.2) is 0 Å². The van der Waals surface area contributed by atoms with Crippen LogP contribution < -0.4 is 11.1 Å². The molecular weight excluding hydrogens is 236 g/mol. The molecule has 0 amide bonds. The van der Waals surface area contributed by atoms with Crippen molar-refractivity contribution in [1.82, 2.24) is 9.97 Å². The van der Waals surface area contributed by atoms with Crippen molar-refractivity contribution in [3.8, 4) is 0 Å². The summed E-state index contributed by atoms with van der Waals surface area (Å²) in [4.78, 5) is 8.40. The third-order valence-corrected chi connectivity index (χ3v) is 3.73. The van der Waals surface area contributed by atoms with Gasteiger partial charge in [-0.05, 0) is 19.1 Å². The van der Waals surface area contributed by atoms with Crippen LogP contribution in [0.3, 0.4) is 0 Å². The van der Waals surface area contributed by atoms with E-state index in [1.165, 1.54) is 0 Å². The average Bonchev–Trinajstić information content (AvgIpc) is 2.40. The highest BCUT2D eigenvalue weighted by Crippen LogP contribution is 2.25. The molecule has 1 aliphatic rings. The molecule has 0 unspecified atom stereocenters. The topological polar surface area (TPSA) is 73.1 Å². The molecule has 0 spiro atoms. The number of anilines is 1. The van der Waals surface area contributed by atoms with Crippen LogP contribution in [0.2, 0.25) is 0 Å². The second-order valence-electron chi connectivity index (χ2n) is 4.17. The fourth-order valence-electron chi connectivity index (χ4n) is 1.93. The third-order valence-electron chi connectivity index (χ3n) is 3.09. The first kappa shape index (κ1) is 12.6. The highest BCUT2D eigenvalue weighted by molar-refractivity contribution is 7.98. The first-order valence-electron chi connectivity index (χ1n) is 5.70. The Hall–Kier alpha value is -0.850. The lowest BCUT2D eigenvalue weighted by molar-refractivity contribution is 0.0627. The molecule has 1 aliphatic heterocycles. The summed E-state index contributed by atoms with van der Waals surface area (Å²) in [5, 5.41) is 4.41. The van der Waals surface area contributed by atoms with Gasteiger partial charge in [-0.3, -0.25) is 0 Å². The fourth-order valence-corrected chi connectivity index (χ4v) is 2.32. The van der Waals surface area contributed by atoms with E-state index in [9.17, 15) is 0 Å². The van der Waals surface area contributed by atoms with Gasteiger partial charge in [-0.1, -0.05) is 0 Å². The Morgan fingerprint density at radius 1 is 1.47 bits per heavy atom. The van der Waals surface area contributed by atoms with E-state index in [0.29, 0.717) is 6.54 Å². The molecule has 3 N–H and O–H groups in total. The Morgan fingerprint density at radius 3 is 2.88 bits per heavy atom. The molecule has 1 aromatic heterocycles. The van der Waals surface area contributed by atoms with Crippen LogP contribution in [-0.2, 0) is 4.74 Å². The van der Waals surface area contributed by atoms with Crippen molar-refractivity contribution >= 4 is 17.6 Å². The molecule has 0 aromatic carbocycles. The van der Waals surface area contributed by atoms with Crippen molar-refractivity contribution in [1.29, 1.82) is 0 Å². The van der Waals surface area contributed by atoms with Crippen LogP contribution >= 0.6 is 11.8 Å². The molecule has 0 atom stereocenters. The Morgan fingerprint density at radius 2 is 2.24 bits per heavy atom. The molecule has 5 nitrogen and oxygen atoms in total. The summed E-state index contributed by atoms with van der Waals surface area (Å²) in [6.45, 7) is 2.10. The van der Waals surface area contributed by atoms with Crippen LogP contribution in [0.25, 0.3) is 0 Å². The third kappa shape index (κ3) is 3.08. The second kappa shape index (κ2) is 5.66. The van der Waals surface area contributed by atoms with Gasteiger partial charge in [-0.15, -0.1) is 11.8 Å². The average molecular weight is 254 g/mol. The lowest BCUT2D eigenvalue weighted by Gasteiger charge is -2.37. The van der Waals surface area contributed by atoms with Crippen LogP contribution in [0.5, 0.6) is 0 Å². The van der Waals surface area contributed by atoms with Crippen molar-refractivity contribution in [2.24, 2.45) is 5.73 Å². The lowest BCUT2D eigenvalue weighted by Crippen LogP contribution is -2.49. The molecular formula is C11H18N4OS. The van der Waals surface area contributed by atoms with E-state index in [0.717, 1.165) is 36.9 Å². The first-order valence-corrected chi connectivity index (χ1v) is 6.92. The summed E-state index contributed by atoms with van der Waals surface area (Å²) >= 11 is 1.60. The minimum Gasteiger partial charge on any atom is -0.381 e. The number of thioether (sulfide) groups is 1. The van der Waals surface area contributed by atoms with Crippen LogP contribution in [0.4, 0.5) is 5.82 Å². The van der Waals surface area contributed by atoms with E-state index in [-0.39, 0.29) is 5.54 Å². The monoisotopic (exact) mass is 254 g/mol. The maximum absolute atomic E-state index is 5.89. The molecule has 94 valence electrons. The van der Waals surface area contributed by atoms with Gasteiger partial charge in [0.25, 0.3) is 0 Å². The quantitative estimate of drug-likeness (QED) is 0.619. The Balaban J connectivity index is 2.11. The molecule has 0 bridgehead atoms. The van der Waals surface area contributed by atoms with Crippen LogP contribution in [0.1, 0.15) is 12.8 Å². The minimum absolute atomic E-state index is 0.0811. The molecule has 17 heavy (non-hydrogen) atoms. The largest absolute Gasteiger partial charge is 0.381 e. The maximum atomic E-state index is 5.89. The van der Waals surface area contributed by atoms with Crippen molar-refractivity contribution in [2.45, 2.75) is 23.4 Å². The van der Waals surface area contributed by atoms with Crippen molar-refractivity contribution in [3.63, 3.8) is 0 Å². The summed E-state index contributed by atoms with van der Waals surface area (Å²) in [7, 11) is 0. The van der Waals surface area contributed by atoms with E-state index >= 15 is 0 Å².